The molecule has 1 amide bonds. The standard InChI is InChI=1S/C22H16ClN3O3/c23-17-11-9-15(10-12-17)22-25-21(26-29-22)16-5-4-8-19(13-16)28-14-20(27)24-18-6-2-1-3-7-18/h1-13H,14H2,(H,24,27). The number of nitrogens with zero attached hydrogens (tertiary/aromatic N) is 2. The van der Waals surface area contributed by atoms with Crippen molar-refractivity contribution in [3.05, 3.63) is 83.9 Å². The van der Waals surface area contributed by atoms with Crippen molar-refractivity contribution in [1.29, 1.82) is 0 Å². The Morgan fingerprint density at radius 2 is 1.76 bits per heavy atom. The number of hydrogen-bond acceptors (Lipinski definition) is 5. The van der Waals surface area contributed by atoms with Crippen molar-refractivity contribution in [2.24, 2.45) is 0 Å². The van der Waals surface area contributed by atoms with Gasteiger partial charge in [-0.05, 0) is 48.5 Å². The molecule has 6 nitrogen and oxygen atoms in total. The van der Waals surface area contributed by atoms with Gasteiger partial charge in [0.05, 0.1) is 0 Å². The molecule has 3 aromatic carbocycles. The number of nitrogens with one attached hydrogen (secondary N) is 1. The predicted octanol–water partition coefficient (Wildman–Crippen LogP) is 5.07. The third-order valence-electron chi connectivity index (χ3n) is 4.04. The van der Waals surface area contributed by atoms with Crippen molar-refractivity contribution < 1.29 is 14.1 Å². The lowest BCUT2D eigenvalue weighted by Crippen LogP contribution is -2.20. The number of aromatic nitrogens is 2. The van der Waals surface area contributed by atoms with Crippen molar-refractivity contribution in [3.8, 4) is 28.6 Å². The van der Waals surface area contributed by atoms with Crippen molar-refractivity contribution in [2.75, 3.05) is 11.9 Å². The van der Waals surface area contributed by atoms with E-state index in [-0.39, 0.29) is 12.5 Å². The molecule has 0 bridgehead atoms. The zero-order valence-corrected chi connectivity index (χ0v) is 16.0. The summed E-state index contributed by atoms with van der Waals surface area (Å²) in [5, 5.41) is 7.43. The largest absolute Gasteiger partial charge is 0.484 e. The molecular formula is C22H16ClN3O3. The van der Waals surface area contributed by atoms with E-state index in [0.717, 1.165) is 16.8 Å². The lowest BCUT2D eigenvalue weighted by molar-refractivity contribution is -0.118. The van der Waals surface area contributed by atoms with Crippen LogP contribution in [0.15, 0.2) is 83.4 Å². The molecule has 0 aliphatic heterocycles. The zero-order valence-electron chi connectivity index (χ0n) is 15.2. The Kier molecular flexibility index (Phi) is 5.54. The van der Waals surface area contributed by atoms with Gasteiger partial charge < -0.3 is 14.6 Å². The van der Waals surface area contributed by atoms with E-state index in [0.29, 0.717) is 22.5 Å². The molecule has 7 heteroatoms. The quantitative estimate of drug-likeness (QED) is 0.484. The highest BCUT2D eigenvalue weighted by Crippen LogP contribution is 2.25. The SMILES string of the molecule is O=C(COc1cccc(-c2noc(-c3ccc(Cl)cc3)n2)c1)Nc1ccccc1. The van der Waals surface area contributed by atoms with Gasteiger partial charge in [0.25, 0.3) is 11.8 Å². The molecule has 0 atom stereocenters. The van der Waals surface area contributed by atoms with Crippen LogP contribution in [0.5, 0.6) is 5.75 Å². The Balaban J connectivity index is 1.42. The van der Waals surface area contributed by atoms with E-state index in [1.807, 2.05) is 48.5 Å². The first-order chi connectivity index (χ1) is 14.2. The van der Waals surface area contributed by atoms with Crippen molar-refractivity contribution in [3.63, 3.8) is 0 Å². The Morgan fingerprint density at radius 1 is 0.966 bits per heavy atom. The summed E-state index contributed by atoms with van der Waals surface area (Å²) < 4.78 is 10.9. The lowest BCUT2D eigenvalue weighted by atomic mass is 10.2. The summed E-state index contributed by atoms with van der Waals surface area (Å²) >= 11 is 5.91. The summed E-state index contributed by atoms with van der Waals surface area (Å²) in [7, 11) is 0. The third-order valence-corrected chi connectivity index (χ3v) is 4.29. The Hall–Kier alpha value is -3.64. The maximum Gasteiger partial charge on any atom is 0.262 e. The minimum absolute atomic E-state index is 0.110. The molecule has 0 aliphatic rings. The summed E-state index contributed by atoms with van der Waals surface area (Å²) in [5.74, 6) is 1.11. The average Bonchev–Trinajstić information content (AvgIpc) is 3.24. The van der Waals surface area contributed by atoms with Gasteiger partial charge in [0.1, 0.15) is 5.75 Å². The molecule has 0 spiro atoms. The number of rotatable bonds is 6. The van der Waals surface area contributed by atoms with Gasteiger partial charge in [-0.25, -0.2) is 0 Å². The van der Waals surface area contributed by atoms with Gasteiger partial charge in [0.15, 0.2) is 6.61 Å². The number of halogens is 1. The number of carbonyl (C=O) groups is 1. The minimum Gasteiger partial charge on any atom is -0.484 e. The first-order valence-electron chi connectivity index (χ1n) is 8.85. The van der Waals surface area contributed by atoms with Crippen LogP contribution in [-0.4, -0.2) is 22.7 Å². The zero-order chi connectivity index (χ0) is 20.1. The molecule has 0 fully saturated rings. The normalized spacial score (nSPS) is 10.5. The first-order valence-corrected chi connectivity index (χ1v) is 9.23. The molecule has 0 saturated carbocycles. The molecule has 29 heavy (non-hydrogen) atoms. The highest BCUT2D eigenvalue weighted by molar-refractivity contribution is 6.30. The lowest BCUT2D eigenvalue weighted by Gasteiger charge is -2.08. The van der Waals surface area contributed by atoms with E-state index in [9.17, 15) is 4.79 Å². The second-order valence-corrected chi connectivity index (χ2v) is 6.60. The van der Waals surface area contributed by atoms with Gasteiger partial charge in [0, 0.05) is 21.8 Å². The summed E-state index contributed by atoms with van der Waals surface area (Å²) in [5.41, 5.74) is 2.21. The van der Waals surface area contributed by atoms with Crippen LogP contribution in [0.1, 0.15) is 0 Å². The number of hydrogen-bond donors (Lipinski definition) is 1. The molecular weight excluding hydrogens is 390 g/mol. The van der Waals surface area contributed by atoms with Crippen LogP contribution in [0.3, 0.4) is 0 Å². The van der Waals surface area contributed by atoms with Crippen molar-refractivity contribution in [1.82, 2.24) is 10.1 Å². The second-order valence-electron chi connectivity index (χ2n) is 6.16. The third kappa shape index (κ3) is 4.80. The Morgan fingerprint density at radius 3 is 2.55 bits per heavy atom. The Bertz CT molecular complexity index is 1110. The Labute approximate surface area is 172 Å². The summed E-state index contributed by atoms with van der Waals surface area (Å²) in [6.45, 7) is -0.110. The average molecular weight is 406 g/mol. The van der Waals surface area contributed by atoms with E-state index >= 15 is 0 Å². The maximum absolute atomic E-state index is 12.0. The predicted molar refractivity (Wildman–Crippen MR) is 111 cm³/mol. The monoisotopic (exact) mass is 405 g/mol. The number of para-hydroxylation sites is 1. The van der Waals surface area contributed by atoms with E-state index in [1.54, 1.807) is 30.3 Å². The number of carbonyl (C=O) groups excluding carboxylic acids is 1. The van der Waals surface area contributed by atoms with Gasteiger partial charge in [0.2, 0.25) is 5.82 Å². The molecule has 144 valence electrons. The highest BCUT2D eigenvalue weighted by atomic mass is 35.5. The van der Waals surface area contributed by atoms with Crippen LogP contribution in [0.4, 0.5) is 5.69 Å². The van der Waals surface area contributed by atoms with E-state index in [2.05, 4.69) is 15.5 Å². The van der Waals surface area contributed by atoms with Crippen LogP contribution < -0.4 is 10.1 Å². The molecule has 0 saturated heterocycles. The molecule has 4 aromatic rings. The number of ether oxygens (including phenoxy) is 1. The molecule has 1 aromatic heterocycles. The van der Waals surface area contributed by atoms with Gasteiger partial charge in [-0.3, -0.25) is 4.79 Å². The topological polar surface area (TPSA) is 77.2 Å². The minimum atomic E-state index is -0.244. The summed E-state index contributed by atoms with van der Waals surface area (Å²) in [4.78, 5) is 16.5. The summed E-state index contributed by atoms with van der Waals surface area (Å²) in [6, 6.07) is 23.5. The van der Waals surface area contributed by atoms with Crippen molar-refractivity contribution >= 4 is 23.2 Å². The summed E-state index contributed by atoms with van der Waals surface area (Å²) in [6.07, 6.45) is 0. The smallest absolute Gasteiger partial charge is 0.262 e. The number of anilines is 1. The van der Waals surface area contributed by atoms with E-state index in [1.165, 1.54) is 0 Å². The molecule has 0 radical (unpaired) electrons. The molecule has 0 aliphatic carbocycles. The first kappa shape index (κ1) is 18.7. The fraction of sp³-hybridized carbons (Fsp3) is 0.0455. The maximum atomic E-state index is 12.0. The van der Waals surface area contributed by atoms with Crippen molar-refractivity contribution in [2.45, 2.75) is 0 Å². The molecule has 1 N–H and O–H groups in total. The van der Waals surface area contributed by atoms with E-state index < -0.39 is 0 Å². The van der Waals surface area contributed by atoms with Crippen LogP contribution in [0.25, 0.3) is 22.8 Å². The fourth-order valence-electron chi connectivity index (χ4n) is 2.64. The second kappa shape index (κ2) is 8.58. The molecule has 4 rings (SSSR count). The van der Waals surface area contributed by atoms with Gasteiger partial charge >= 0.3 is 0 Å². The van der Waals surface area contributed by atoms with Crippen LogP contribution in [-0.2, 0) is 4.79 Å². The van der Waals surface area contributed by atoms with Crippen LogP contribution in [0.2, 0.25) is 5.02 Å². The molecule has 1 heterocycles. The van der Waals surface area contributed by atoms with Crippen LogP contribution in [0, 0.1) is 0 Å². The highest BCUT2D eigenvalue weighted by Gasteiger charge is 2.12. The number of amides is 1. The molecule has 0 unspecified atom stereocenters. The van der Waals surface area contributed by atoms with Crippen LogP contribution >= 0.6 is 11.6 Å². The van der Waals surface area contributed by atoms with Gasteiger partial charge in [-0.15, -0.1) is 0 Å². The number of benzene rings is 3. The van der Waals surface area contributed by atoms with E-state index in [4.69, 9.17) is 20.9 Å². The van der Waals surface area contributed by atoms with Gasteiger partial charge in [-0.1, -0.05) is 47.1 Å². The van der Waals surface area contributed by atoms with Gasteiger partial charge in [-0.2, -0.15) is 4.98 Å². The fourth-order valence-corrected chi connectivity index (χ4v) is 2.77.